The topological polar surface area (TPSA) is 149 Å². The van der Waals surface area contributed by atoms with Crippen LogP contribution < -0.4 is 11.4 Å². The first kappa shape index (κ1) is 13.9. The molecule has 0 aliphatic carbocycles. The molecule has 3 heterocycles. The maximum absolute atomic E-state index is 11.4. The second kappa shape index (κ2) is 5.07. The summed E-state index contributed by atoms with van der Waals surface area (Å²) in [5, 5.41) is 19.5. The number of aliphatic hydroxyl groups is 2. The predicted molar refractivity (Wildman–Crippen MR) is 70.4 cm³/mol. The lowest BCUT2D eigenvalue weighted by atomic mass is 10.1. The third-order valence-electron chi connectivity index (χ3n) is 3.51. The molecule has 21 heavy (non-hydrogen) atoms. The van der Waals surface area contributed by atoms with E-state index in [2.05, 4.69) is 15.0 Å². The lowest BCUT2D eigenvalue weighted by Crippen LogP contribution is -2.35. The van der Waals surface area contributed by atoms with Gasteiger partial charge in [-0.1, -0.05) is 0 Å². The van der Waals surface area contributed by atoms with Crippen LogP contribution in [0, 0.1) is 0 Å². The molecule has 1 fully saturated rings. The highest BCUT2D eigenvalue weighted by Crippen LogP contribution is 2.32. The normalized spacial score (nSPS) is 29.3. The third kappa shape index (κ3) is 2.08. The van der Waals surface area contributed by atoms with Crippen molar-refractivity contribution in [1.82, 2.24) is 19.5 Å². The van der Waals surface area contributed by atoms with Crippen LogP contribution in [0.4, 0.5) is 5.82 Å². The van der Waals surface area contributed by atoms with E-state index in [4.69, 9.17) is 15.2 Å². The Morgan fingerprint density at radius 2 is 2.38 bits per heavy atom. The van der Waals surface area contributed by atoms with E-state index in [1.807, 2.05) is 0 Å². The summed E-state index contributed by atoms with van der Waals surface area (Å²) < 4.78 is 12.1. The third-order valence-corrected chi connectivity index (χ3v) is 3.51. The van der Waals surface area contributed by atoms with Crippen LogP contribution in [0.3, 0.4) is 0 Å². The average molecular weight is 297 g/mol. The van der Waals surface area contributed by atoms with Gasteiger partial charge in [0.15, 0.2) is 11.9 Å². The molecule has 1 saturated heterocycles. The highest BCUT2D eigenvalue weighted by Gasteiger charge is 2.45. The Balaban J connectivity index is 2.07. The van der Waals surface area contributed by atoms with Gasteiger partial charge in [0.1, 0.15) is 29.6 Å². The number of aromatic amines is 1. The zero-order chi connectivity index (χ0) is 15.1. The van der Waals surface area contributed by atoms with Crippen LogP contribution in [-0.4, -0.2) is 61.8 Å². The number of aliphatic hydroxyl groups excluding tert-OH is 2. The van der Waals surface area contributed by atoms with Crippen molar-refractivity contribution >= 4 is 17.0 Å². The van der Waals surface area contributed by atoms with Gasteiger partial charge in [0, 0.05) is 7.11 Å². The lowest BCUT2D eigenvalue weighted by molar-refractivity contribution is -0.0536. The van der Waals surface area contributed by atoms with Crippen LogP contribution in [0.5, 0.6) is 0 Å². The standard InChI is InChI=1S/C11H15N5O5/c1-20-7-4(2-17)21-10(6(7)18)16-3-13-5-8(12)14-11(19)15-9(5)16/h3-4,6-7,10,17-18H,2H2,1H3,(H3,12,14,15,19)/t4-,6?,7?,10-/m1/s1. The van der Waals surface area contributed by atoms with Gasteiger partial charge in [0.05, 0.1) is 12.9 Å². The lowest BCUT2D eigenvalue weighted by Gasteiger charge is -2.17. The Morgan fingerprint density at radius 1 is 1.62 bits per heavy atom. The Kier molecular flexibility index (Phi) is 3.37. The van der Waals surface area contributed by atoms with E-state index in [0.29, 0.717) is 5.52 Å². The van der Waals surface area contributed by atoms with Gasteiger partial charge in [0.2, 0.25) is 0 Å². The number of rotatable bonds is 3. The van der Waals surface area contributed by atoms with Gasteiger partial charge in [-0.05, 0) is 0 Å². The molecule has 1 aliphatic heterocycles. The van der Waals surface area contributed by atoms with Gasteiger partial charge < -0.3 is 25.4 Å². The molecule has 0 saturated carbocycles. The van der Waals surface area contributed by atoms with Crippen LogP contribution in [0.2, 0.25) is 0 Å². The molecule has 114 valence electrons. The summed E-state index contributed by atoms with van der Waals surface area (Å²) >= 11 is 0. The molecule has 2 unspecified atom stereocenters. The van der Waals surface area contributed by atoms with Crippen molar-refractivity contribution in [3.8, 4) is 0 Å². The Morgan fingerprint density at radius 3 is 3.00 bits per heavy atom. The number of nitrogen functional groups attached to an aromatic ring is 1. The number of H-pyrrole nitrogens is 1. The largest absolute Gasteiger partial charge is 0.394 e. The molecule has 0 bridgehead atoms. The van der Waals surface area contributed by atoms with Crippen molar-refractivity contribution in [2.45, 2.75) is 24.5 Å². The molecule has 10 heteroatoms. The van der Waals surface area contributed by atoms with Crippen molar-refractivity contribution < 1.29 is 19.7 Å². The number of nitrogens with zero attached hydrogens (tertiary/aromatic N) is 3. The molecular formula is C11H15N5O5. The van der Waals surface area contributed by atoms with Gasteiger partial charge in [-0.3, -0.25) is 9.55 Å². The number of hydrogen-bond acceptors (Lipinski definition) is 8. The van der Waals surface area contributed by atoms with Gasteiger partial charge in [-0.15, -0.1) is 0 Å². The van der Waals surface area contributed by atoms with Crippen LogP contribution >= 0.6 is 0 Å². The molecule has 0 radical (unpaired) electrons. The second-order valence-electron chi connectivity index (χ2n) is 4.72. The minimum atomic E-state index is -1.05. The van der Waals surface area contributed by atoms with E-state index < -0.39 is 30.2 Å². The minimum Gasteiger partial charge on any atom is -0.394 e. The molecular weight excluding hydrogens is 282 g/mol. The van der Waals surface area contributed by atoms with Crippen molar-refractivity contribution in [2.75, 3.05) is 19.5 Å². The van der Waals surface area contributed by atoms with E-state index >= 15 is 0 Å². The van der Waals surface area contributed by atoms with E-state index in [1.54, 1.807) is 0 Å². The Bertz CT molecular complexity index is 713. The number of imidazole rings is 1. The van der Waals surface area contributed by atoms with E-state index in [9.17, 15) is 15.0 Å². The van der Waals surface area contributed by atoms with Crippen LogP contribution in [0.1, 0.15) is 6.23 Å². The monoisotopic (exact) mass is 297 g/mol. The van der Waals surface area contributed by atoms with Crippen LogP contribution in [0.15, 0.2) is 11.1 Å². The number of anilines is 1. The number of nitrogens with two attached hydrogens (primary N) is 1. The molecule has 0 spiro atoms. The molecule has 10 nitrogen and oxygen atoms in total. The first-order valence-electron chi connectivity index (χ1n) is 6.26. The first-order chi connectivity index (χ1) is 10.1. The van der Waals surface area contributed by atoms with Crippen molar-refractivity contribution in [3.05, 3.63) is 16.8 Å². The summed E-state index contributed by atoms with van der Waals surface area (Å²) in [5.74, 6) is 0.0817. The van der Waals surface area contributed by atoms with E-state index in [0.717, 1.165) is 0 Å². The minimum absolute atomic E-state index is 0.0817. The fraction of sp³-hybridized carbons (Fsp3) is 0.545. The van der Waals surface area contributed by atoms with Gasteiger partial charge in [-0.25, -0.2) is 9.78 Å². The van der Waals surface area contributed by atoms with E-state index in [1.165, 1.54) is 18.0 Å². The number of fused-ring (bicyclic) bond motifs is 1. The van der Waals surface area contributed by atoms with Gasteiger partial charge >= 0.3 is 5.69 Å². The number of aromatic nitrogens is 4. The summed E-state index contributed by atoms with van der Waals surface area (Å²) in [6.07, 6.45) is -1.96. The zero-order valence-corrected chi connectivity index (χ0v) is 11.1. The summed E-state index contributed by atoms with van der Waals surface area (Å²) in [7, 11) is 1.41. The number of ether oxygens (including phenoxy) is 2. The number of hydrogen-bond donors (Lipinski definition) is 4. The molecule has 2 aromatic heterocycles. The van der Waals surface area contributed by atoms with Crippen molar-refractivity contribution in [3.63, 3.8) is 0 Å². The number of nitrogens with one attached hydrogen (secondary N) is 1. The van der Waals surface area contributed by atoms with Gasteiger partial charge in [-0.2, -0.15) is 4.98 Å². The summed E-state index contributed by atoms with van der Waals surface area (Å²) in [5.41, 5.74) is 5.53. The Labute approximate surface area is 118 Å². The highest BCUT2D eigenvalue weighted by atomic mass is 16.6. The SMILES string of the molecule is COC1C(O)[C@H](n2cnc3c(N)[nH]c(=O)nc32)O[C@@H]1CO. The maximum atomic E-state index is 11.4. The molecule has 5 N–H and O–H groups in total. The fourth-order valence-electron chi connectivity index (χ4n) is 2.53. The van der Waals surface area contributed by atoms with Crippen LogP contribution in [-0.2, 0) is 9.47 Å². The average Bonchev–Trinajstić information content (AvgIpc) is 2.99. The summed E-state index contributed by atoms with van der Waals surface area (Å²) in [6, 6.07) is 0. The molecule has 2 aromatic rings. The maximum Gasteiger partial charge on any atom is 0.348 e. The summed E-state index contributed by atoms with van der Waals surface area (Å²) in [4.78, 5) is 21.6. The van der Waals surface area contributed by atoms with Gasteiger partial charge in [0.25, 0.3) is 0 Å². The predicted octanol–water partition coefficient (Wildman–Crippen LogP) is -2.03. The quantitative estimate of drug-likeness (QED) is 0.506. The smallest absolute Gasteiger partial charge is 0.348 e. The van der Waals surface area contributed by atoms with Crippen molar-refractivity contribution in [2.24, 2.45) is 0 Å². The zero-order valence-electron chi connectivity index (χ0n) is 11.1. The molecule has 0 aromatic carbocycles. The highest BCUT2D eigenvalue weighted by molar-refractivity contribution is 5.81. The molecule has 0 amide bonds. The Hall–Kier alpha value is -2.01. The van der Waals surface area contributed by atoms with E-state index in [-0.39, 0.29) is 18.1 Å². The number of methoxy groups -OCH3 is 1. The molecule has 4 atom stereocenters. The van der Waals surface area contributed by atoms with Crippen LogP contribution in [0.25, 0.3) is 11.2 Å². The summed E-state index contributed by atoms with van der Waals surface area (Å²) in [6.45, 7) is -0.311. The first-order valence-corrected chi connectivity index (χ1v) is 6.26. The van der Waals surface area contributed by atoms with Crippen molar-refractivity contribution in [1.29, 1.82) is 0 Å². The molecule has 1 aliphatic rings. The molecule has 3 rings (SSSR count). The fourth-order valence-corrected chi connectivity index (χ4v) is 2.53. The second-order valence-corrected chi connectivity index (χ2v) is 4.72.